The number of rotatable bonds is 5. The number of oxazole rings is 1. The van der Waals surface area contributed by atoms with E-state index in [4.69, 9.17) is 4.42 Å². The van der Waals surface area contributed by atoms with Gasteiger partial charge >= 0.3 is 0 Å². The molecule has 0 saturated heterocycles. The van der Waals surface area contributed by atoms with Crippen molar-refractivity contribution in [1.29, 1.82) is 0 Å². The zero-order valence-electron chi connectivity index (χ0n) is 14.5. The van der Waals surface area contributed by atoms with Gasteiger partial charge in [0.05, 0.1) is 12.2 Å². The number of guanidine groups is 1. The van der Waals surface area contributed by atoms with Gasteiger partial charge in [-0.15, -0.1) is 0 Å². The van der Waals surface area contributed by atoms with Gasteiger partial charge in [0.2, 0.25) is 5.89 Å². The fraction of sp³-hybridized carbons (Fsp3) is 0.412. The van der Waals surface area contributed by atoms with Crippen LogP contribution in [-0.2, 0) is 13.1 Å². The smallest absolute Gasteiger partial charge is 0.214 e. The standard InChI is InChI=1S/C17H25N5O/c1-12-13(2)23-16(21-12)11-20-17(18-3)19-10-14-6-8-15(9-7-14)22(4)5/h6-9H,10-11H2,1-5H3,(H2,18,19,20). The summed E-state index contributed by atoms with van der Waals surface area (Å²) in [4.78, 5) is 10.6. The summed E-state index contributed by atoms with van der Waals surface area (Å²) in [5.74, 6) is 2.24. The fourth-order valence-electron chi connectivity index (χ4n) is 2.09. The van der Waals surface area contributed by atoms with Crippen molar-refractivity contribution in [3.63, 3.8) is 0 Å². The maximum absolute atomic E-state index is 5.55. The summed E-state index contributed by atoms with van der Waals surface area (Å²) < 4.78 is 5.55. The van der Waals surface area contributed by atoms with Crippen molar-refractivity contribution in [2.75, 3.05) is 26.0 Å². The minimum Gasteiger partial charge on any atom is -0.444 e. The Kier molecular flexibility index (Phi) is 5.62. The van der Waals surface area contributed by atoms with Crippen molar-refractivity contribution in [2.24, 2.45) is 4.99 Å². The second-order valence-corrected chi connectivity index (χ2v) is 5.59. The van der Waals surface area contributed by atoms with Gasteiger partial charge in [0.1, 0.15) is 5.76 Å². The summed E-state index contributed by atoms with van der Waals surface area (Å²) in [5.41, 5.74) is 3.30. The second kappa shape index (κ2) is 7.67. The zero-order valence-corrected chi connectivity index (χ0v) is 14.5. The Balaban J connectivity index is 1.85. The number of nitrogens with one attached hydrogen (secondary N) is 2. The quantitative estimate of drug-likeness (QED) is 0.654. The van der Waals surface area contributed by atoms with E-state index in [9.17, 15) is 0 Å². The third-order valence-electron chi connectivity index (χ3n) is 3.62. The Morgan fingerprint density at radius 1 is 1.13 bits per heavy atom. The van der Waals surface area contributed by atoms with Gasteiger partial charge in [-0.2, -0.15) is 0 Å². The molecule has 0 fully saturated rings. The Hall–Kier alpha value is -2.50. The van der Waals surface area contributed by atoms with E-state index in [0.717, 1.165) is 17.4 Å². The monoisotopic (exact) mass is 315 g/mol. The Bertz CT molecular complexity index is 639. The Morgan fingerprint density at radius 2 is 1.78 bits per heavy atom. The number of anilines is 1. The minimum absolute atomic E-state index is 0.508. The summed E-state index contributed by atoms with van der Waals surface area (Å²) in [6, 6.07) is 8.42. The van der Waals surface area contributed by atoms with Crippen molar-refractivity contribution < 1.29 is 4.42 Å². The topological polar surface area (TPSA) is 65.7 Å². The average molecular weight is 315 g/mol. The van der Waals surface area contributed by atoms with Crippen molar-refractivity contribution in [2.45, 2.75) is 26.9 Å². The first kappa shape index (κ1) is 16.9. The molecule has 0 aliphatic rings. The highest BCUT2D eigenvalue weighted by Gasteiger charge is 2.06. The molecule has 1 heterocycles. The van der Waals surface area contributed by atoms with Crippen LogP contribution in [0.1, 0.15) is 22.9 Å². The molecule has 6 heteroatoms. The molecule has 124 valence electrons. The van der Waals surface area contributed by atoms with E-state index in [2.05, 4.69) is 49.8 Å². The van der Waals surface area contributed by atoms with E-state index < -0.39 is 0 Å². The zero-order chi connectivity index (χ0) is 16.8. The third kappa shape index (κ3) is 4.74. The molecule has 0 aliphatic heterocycles. The van der Waals surface area contributed by atoms with Gasteiger partial charge in [-0.25, -0.2) is 4.98 Å². The van der Waals surface area contributed by atoms with Crippen LogP contribution in [0.2, 0.25) is 0 Å². The maximum atomic E-state index is 5.55. The number of aliphatic imine (C=N–C) groups is 1. The maximum Gasteiger partial charge on any atom is 0.214 e. The Labute approximate surface area is 137 Å². The van der Waals surface area contributed by atoms with Gasteiger partial charge in [0.15, 0.2) is 5.96 Å². The number of aryl methyl sites for hydroxylation is 2. The highest BCUT2D eigenvalue weighted by Crippen LogP contribution is 2.12. The van der Waals surface area contributed by atoms with Gasteiger partial charge < -0.3 is 20.0 Å². The fourth-order valence-corrected chi connectivity index (χ4v) is 2.09. The van der Waals surface area contributed by atoms with Crippen molar-refractivity contribution in [3.05, 3.63) is 47.2 Å². The largest absolute Gasteiger partial charge is 0.444 e. The molecule has 1 aromatic heterocycles. The molecule has 23 heavy (non-hydrogen) atoms. The third-order valence-corrected chi connectivity index (χ3v) is 3.62. The van der Waals surface area contributed by atoms with Gasteiger partial charge in [0, 0.05) is 33.4 Å². The van der Waals surface area contributed by atoms with Gasteiger partial charge in [0.25, 0.3) is 0 Å². The number of benzene rings is 1. The highest BCUT2D eigenvalue weighted by atomic mass is 16.4. The van der Waals surface area contributed by atoms with Crippen molar-refractivity contribution in [1.82, 2.24) is 15.6 Å². The van der Waals surface area contributed by atoms with Crippen molar-refractivity contribution >= 4 is 11.6 Å². The lowest BCUT2D eigenvalue weighted by Crippen LogP contribution is -2.36. The minimum atomic E-state index is 0.508. The second-order valence-electron chi connectivity index (χ2n) is 5.59. The molecule has 0 radical (unpaired) electrons. The summed E-state index contributed by atoms with van der Waals surface area (Å²) in [6.07, 6.45) is 0. The highest BCUT2D eigenvalue weighted by molar-refractivity contribution is 5.79. The van der Waals surface area contributed by atoms with E-state index in [1.54, 1.807) is 7.05 Å². The summed E-state index contributed by atoms with van der Waals surface area (Å²) >= 11 is 0. The van der Waals surface area contributed by atoms with Crippen molar-refractivity contribution in [3.8, 4) is 0 Å². The normalized spacial score (nSPS) is 11.4. The van der Waals surface area contributed by atoms with Crippen LogP contribution in [0.15, 0.2) is 33.7 Å². The first-order chi connectivity index (χ1) is 11.0. The molecule has 2 rings (SSSR count). The van der Waals surface area contributed by atoms with Crippen LogP contribution >= 0.6 is 0 Å². The summed E-state index contributed by atoms with van der Waals surface area (Å²) in [7, 11) is 5.81. The number of aromatic nitrogens is 1. The SMILES string of the molecule is CN=C(NCc1ccc(N(C)C)cc1)NCc1nc(C)c(C)o1. The molecule has 2 N–H and O–H groups in total. The first-order valence-corrected chi connectivity index (χ1v) is 7.63. The lowest BCUT2D eigenvalue weighted by Gasteiger charge is -2.14. The first-order valence-electron chi connectivity index (χ1n) is 7.63. The number of hydrogen-bond donors (Lipinski definition) is 2. The van der Waals surface area contributed by atoms with E-state index in [0.29, 0.717) is 19.0 Å². The number of nitrogens with zero attached hydrogens (tertiary/aromatic N) is 3. The molecule has 0 unspecified atom stereocenters. The van der Waals surface area contributed by atoms with Crippen LogP contribution < -0.4 is 15.5 Å². The van der Waals surface area contributed by atoms with E-state index in [-0.39, 0.29) is 0 Å². The van der Waals surface area contributed by atoms with Crippen LogP contribution in [0, 0.1) is 13.8 Å². The molecule has 0 spiro atoms. The predicted octanol–water partition coefficient (Wildman–Crippen LogP) is 2.22. The van der Waals surface area contributed by atoms with Gasteiger partial charge in [-0.3, -0.25) is 4.99 Å². The molecule has 0 bridgehead atoms. The van der Waals surface area contributed by atoms with Gasteiger partial charge in [-0.05, 0) is 31.5 Å². The molecule has 1 aromatic carbocycles. The number of hydrogen-bond acceptors (Lipinski definition) is 4. The van der Waals surface area contributed by atoms with E-state index >= 15 is 0 Å². The lowest BCUT2D eigenvalue weighted by molar-refractivity contribution is 0.463. The molecule has 0 atom stereocenters. The van der Waals surface area contributed by atoms with Gasteiger partial charge in [-0.1, -0.05) is 12.1 Å². The predicted molar refractivity (Wildman–Crippen MR) is 93.8 cm³/mol. The molecule has 6 nitrogen and oxygen atoms in total. The van der Waals surface area contributed by atoms with E-state index in [1.807, 2.05) is 27.9 Å². The molecule has 0 aliphatic carbocycles. The van der Waals surface area contributed by atoms with Crippen LogP contribution in [0.3, 0.4) is 0 Å². The van der Waals surface area contributed by atoms with Crippen LogP contribution in [0.25, 0.3) is 0 Å². The molecule has 0 saturated carbocycles. The van der Waals surface area contributed by atoms with E-state index in [1.165, 1.54) is 11.3 Å². The lowest BCUT2D eigenvalue weighted by atomic mass is 10.2. The van der Waals surface area contributed by atoms with Crippen LogP contribution in [0.4, 0.5) is 5.69 Å². The molecular formula is C17H25N5O. The average Bonchev–Trinajstić information content (AvgIpc) is 2.86. The summed E-state index contributed by atoms with van der Waals surface area (Å²) in [5, 5.41) is 6.48. The molecular weight excluding hydrogens is 290 g/mol. The Morgan fingerprint density at radius 3 is 2.30 bits per heavy atom. The molecule has 0 amide bonds. The summed E-state index contributed by atoms with van der Waals surface area (Å²) in [6.45, 7) is 5.06. The van der Waals surface area contributed by atoms with Crippen LogP contribution in [0.5, 0.6) is 0 Å². The molecule has 2 aromatic rings. The van der Waals surface area contributed by atoms with Crippen LogP contribution in [-0.4, -0.2) is 32.1 Å².